The number of sulfonamides is 1. The molecule has 0 bridgehead atoms. The van der Waals surface area contributed by atoms with Gasteiger partial charge in [-0.05, 0) is 56.2 Å². The quantitative estimate of drug-likeness (QED) is 0.792. The van der Waals surface area contributed by atoms with E-state index in [0.29, 0.717) is 13.1 Å². The number of hydrogen-bond acceptors (Lipinski definition) is 4. The Morgan fingerprint density at radius 3 is 2.54 bits per heavy atom. The van der Waals surface area contributed by atoms with E-state index in [1.54, 1.807) is 6.92 Å². The Hall–Kier alpha value is -2.52. The van der Waals surface area contributed by atoms with E-state index in [9.17, 15) is 22.0 Å². The SMILES string of the molecule is CCOc1ccc(NC(=O)c2cc(F)ccc2F)cc1S(=O)(=O)N1CCCC1. The molecule has 3 rings (SSSR count). The van der Waals surface area contributed by atoms with Crippen molar-refractivity contribution in [1.29, 1.82) is 0 Å². The Morgan fingerprint density at radius 1 is 1.14 bits per heavy atom. The van der Waals surface area contributed by atoms with Crippen LogP contribution < -0.4 is 10.1 Å². The highest BCUT2D eigenvalue weighted by Crippen LogP contribution is 2.32. The minimum Gasteiger partial charge on any atom is -0.492 e. The summed E-state index contributed by atoms with van der Waals surface area (Å²) in [6, 6.07) is 6.69. The number of ether oxygens (including phenoxy) is 1. The number of nitrogens with zero attached hydrogens (tertiary/aromatic N) is 1. The van der Waals surface area contributed by atoms with Crippen LogP contribution in [0.15, 0.2) is 41.3 Å². The molecule has 0 spiro atoms. The average molecular weight is 410 g/mol. The van der Waals surface area contributed by atoms with Crippen molar-refractivity contribution in [2.24, 2.45) is 0 Å². The summed E-state index contributed by atoms with van der Waals surface area (Å²) in [5.74, 6) is -2.35. The van der Waals surface area contributed by atoms with Gasteiger partial charge in [0.1, 0.15) is 22.3 Å². The van der Waals surface area contributed by atoms with E-state index in [1.165, 1.54) is 22.5 Å². The van der Waals surface area contributed by atoms with Crippen LogP contribution in [0.2, 0.25) is 0 Å². The molecule has 1 fully saturated rings. The Morgan fingerprint density at radius 2 is 1.86 bits per heavy atom. The molecule has 28 heavy (non-hydrogen) atoms. The minimum atomic E-state index is -3.81. The summed E-state index contributed by atoms with van der Waals surface area (Å²) in [7, 11) is -3.81. The summed E-state index contributed by atoms with van der Waals surface area (Å²) in [6.45, 7) is 2.83. The number of nitrogens with one attached hydrogen (secondary N) is 1. The molecule has 1 saturated heterocycles. The van der Waals surface area contributed by atoms with Gasteiger partial charge in [0.05, 0.1) is 12.2 Å². The summed E-state index contributed by atoms with van der Waals surface area (Å²) in [5, 5.41) is 2.41. The smallest absolute Gasteiger partial charge is 0.258 e. The lowest BCUT2D eigenvalue weighted by atomic mass is 10.2. The highest BCUT2D eigenvalue weighted by atomic mass is 32.2. The van der Waals surface area contributed by atoms with Gasteiger partial charge in [0.2, 0.25) is 10.0 Å². The van der Waals surface area contributed by atoms with Gasteiger partial charge >= 0.3 is 0 Å². The molecule has 6 nitrogen and oxygen atoms in total. The number of hydrogen-bond donors (Lipinski definition) is 1. The molecule has 1 amide bonds. The first kappa shape index (κ1) is 20.2. The Balaban J connectivity index is 1.94. The number of halogens is 2. The largest absolute Gasteiger partial charge is 0.492 e. The van der Waals surface area contributed by atoms with Gasteiger partial charge in [0.25, 0.3) is 5.91 Å². The van der Waals surface area contributed by atoms with Gasteiger partial charge in [-0.25, -0.2) is 17.2 Å². The number of anilines is 1. The van der Waals surface area contributed by atoms with Gasteiger partial charge in [0, 0.05) is 18.8 Å². The fourth-order valence-electron chi connectivity index (χ4n) is 3.00. The number of carbonyl (C=O) groups is 1. The standard InChI is InChI=1S/C19H20F2N2O4S/c1-2-27-17-8-6-14(12-18(17)28(25,26)23-9-3-4-10-23)22-19(24)15-11-13(20)5-7-16(15)21/h5-8,11-12H,2-4,9-10H2,1H3,(H,22,24). The van der Waals surface area contributed by atoms with Crippen LogP contribution in [-0.2, 0) is 10.0 Å². The zero-order valence-corrected chi connectivity index (χ0v) is 16.1. The third-order valence-electron chi connectivity index (χ3n) is 4.36. The predicted octanol–water partition coefficient (Wildman–Crippen LogP) is 3.40. The molecule has 0 saturated carbocycles. The third-order valence-corrected chi connectivity index (χ3v) is 6.28. The third kappa shape index (κ3) is 4.15. The molecule has 1 N–H and O–H groups in total. The second kappa shape index (κ2) is 8.24. The summed E-state index contributed by atoms with van der Waals surface area (Å²) in [4.78, 5) is 12.2. The minimum absolute atomic E-state index is 0.0752. The molecular weight excluding hydrogens is 390 g/mol. The lowest BCUT2D eigenvalue weighted by Crippen LogP contribution is -2.28. The van der Waals surface area contributed by atoms with Crippen molar-refractivity contribution >= 4 is 21.6 Å². The maximum absolute atomic E-state index is 13.8. The fraction of sp³-hybridized carbons (Fsp3) is 0.316. The van der Waals surface area contributed by atoms with Crippen molar-refractivity contribution in [3.8, 4) is 5.75 Å². The predicted molar refractivity (Wildman–Crippen MR) is 99.9 cm³/mol. The molecule has 1 aliphatic rings. The van der Waals surface area contributed by atoms with E-state index in [-0.39, 0.29) is 22.9 Å². The van der Waals surface area contributed by atoms with Crippen molar-refractivity contribution in [2.75, 3.05) is 25.0 Å². The van der Waals surface area contributed by atoms with Crippen LogP contribution in [0.25, 0.3) is 0 Å². The van der Waals surface area contributed by atoms with E-state index in [0.717, 1.165) is 31.0 Å². The van der Waals surface area contributed by atoms with Crippen LogP contribution in [0.5, 0.6) is 5.75 Å². The molecule has 0 unspecified atom stereocenters. The van der Waals surface area contributed by atoms with E-state index in [4.69, 9.17) is 4.74 Å². The van der Waals surface area contributed by atoms with Gasteiger partial charge in [-0.15, -0.1) is 0 Å². The summed E-state index contributed by atoms with van der Waals surface area (Å²) in [5.41, 5.74) is -0.340. The van der Waals surface area contributed by atoms with E-state index in [1.807, 2.05) is 0 Å². The fourth-order valence-corrected chi connectivity index (χ4v) is 4.67. The zero-order valence-electron chi connectivity index (χ0n) is 15.2. The highest BCUT2D eigenvalue weighted by molar-refractivity contribution is 7.89. The van der Waals surface area contributed by atoms with Crippen molar-refractivity contribution in [3.05, 3.63) is 53.6 Å². The topological polar surface area (TPSA) is 75.7 Å². The molecular formula is C19H20F2N2O4S. The molecule has 1 heterocycles. The van der Waals surface area contributed by atoms with Crippen molar-refractivity contribution < 1.29 is 26.7 Å². The zero-order chi connectivity index (χ0) is 20.3. The molecule has 150 valence electrons. The van der Waals surface area contributed by atoms with Gasteiger partial charge in [-0.3, -0.25) is 4.79 Å². The lowest BCUT2D eigenvalue weighted by molar-refractivity contribution is 0.102. The van der Waals surface area contributed by atoms with Gasteiger partial charge in [0.15, 0.2) is 0 Å². The lowest BCUT2D eigenvalue weighted by Gasteiger charge is -2.19. The van der Waals surface area contributed by atoms with Crippen LogP contribution in [0.3, 0.4) is 0 Å². The first-order valence-corrected chi connectivity index (χ1v) is 10.3. The van der Waals surface area contributed by atoms with Crippen LogP contribution in [0.4, 0.5) is 14.5 Å². The number of benzene rings is 2. The Labute approximate surface area is 162 Å². The van der Waals surface area contributed by atoms with Gasteiger partial charge < -0.3 is 10.1 Å². The number of carbonyl (C=O) groups excluding carboxylic acids is 1. The van der Waals surface area contributed by atoms with Crippen LogP contribution in [-0.4, -0.2) is 38.3 Å². The van der Waals surface area contributed by atoms with Gasteiger partial charge in [-0.2, -0.15) is 4.31 Å². The van der Waals surface area contributed by atoms with Crippen molar-refractivity contribution in [3.63, 3.8) is 0 Å². The van der Waals surface area contributed by atoms with Crippen LogP contribution >= 0.6 is 0 Å². The molecule has 0 aliphatic carbocycles. The van der Waals surface area contributed by atoms with E-state index < -0.39 is 33.1 Å². The first-order chi connectivity index (χ1) is 13.3. The van der Waals surface area contributed by atoms with Crippen LogP contribution in [0, 0.1) is 11.6 Å². The normalized spacial score (nSPS) is 14.8. The van der Waals surface area contributed by atoms with E-state index in [2.05, 4.69) is 5.32 Å². The molecule has 0 atom stereocenters. The summed E-state index contributed by atoms with van der Waals surface area (Å²) in [6.07, 6.45) is 1.55. The molecule has 0 radical (unpaired) electrons. The summed E-state index contributed by atoms with van der Waals surface area (Å²) < 4.78 is 59.9. The molecule has 2 aromatic rings. The molecule has 1 aliphatic heterocycles. The first-order valence-electron chi connectivity index (χ1n) is 8.86. The second-order valence-corrected chi connectivity index (χ2v) is 8.19. The van der Waals surface area contributed by atoms with E-state index >= 15 is 0 Å². The highest BCUT2D eigenvalue weighted by Gasteiger charge is 2.30. The van der Waals surface area contributed by atoms with Crippen molar-refractivity contribution in [1.82, 2.24) is 4.31 Å². The Bertz CT molecular complexity index is 989. The Kier molecular flexibility index (Phi) is 5.95. The maximum Gasteiger partial charge on any atom is 0.258 e. The molecule has 2 aromatic carbocycles. The van der Waals surface area contributed by atoms with Gasteiger partial charge in [-0.1, -0.05) is 0 Å². The number of rotatable bonds is 6. The average Bonchev–Trinajstić information content (AvgIpc) is 3.20. The molecule has 0 aromatic heterocycles. The summed E-state index contributed by atoms with van der Waals surface area (Å²) >= 11 is 0. The monoisotopic (exact) mass is 410 g/mol. The van der Waals surface area contributed by atoms with Crippen molar-refractivity contribution in [2.45, 2.75) is 24.7 Å². The maximum atomic E-state index is 13.8. The number of amides is 1. The molecule has 9 heteroatoms. The van der Waals surface area contributed by atoms with Crippen LogP contribution in [0.1, 0.15) is 30.1 Å². The second-order valence-electron chi connectivity index (χ2n) is 6.28.